The zero-order valence-electron chi connectivity index (χ0n) is 17.7. The molecule has 1 atom stereocenters. The highest BCUT2D eigenvalue weighted by molar-refractivity contribution is 14.0. The van der Waals surface area contributed by atoms with Crippen LogP contribution >= 0.6 is 24.0 Å². The molecule has 1 unspecified atom stereocenters. The Morgan fingerprint density at radius 2 is 1.86 bits per heavy atom. The summed E-state index contributed by atoms with van der Waals surface area (Å²) < 4.78 is 5.73. The topological polar surface area (TPSA) is 52.1 Å². The summed E-state index contributed by atoms with van der Waals surface area (Å²) in [6, 6.07) is 9.96. The first kappa shape index (κ1) is 25.0. The van der Waals surface area contributed by atoms with Crippen molar-refractivity contribution in [3.05, 3.63) is 30.3 Å². The maximum absolute atomic E-state index is 5.73. The van der Waals surface area contributed by atoms with E-state index in [0.717, 1.165) is 44.3 Å². The molecule has 0 bridgehead atoms. The fourth-order valence-electron chi connectivity index (χ4n) is 3.10. The number of likely N-dealkylation sites (N-methyl/N-ethyl adjacent to an activating group) is 1. The van der Waals surface area contributed by atoms with Crippen LogP contribution in [-0.4, -0.2) is 81.8 Å². The van der Waals surface area contributed by atoms with Gasteiger partial charge in [0.15, 0.2) is 5.96 Å². The Morgan fingerprint density at radius 1 is 1.14 bits per heavy atom. The van der Waals surface area contributed by atoms with Gasteiger partial charge in [0.2, 0.25) is 0 Å². The number of hydrogen-bond acceptors (Lipinski definition) is 4. The lowest BCUT2D eigenvalue weighted by atomic mass is 10.1. The van der Waals surface area contributed by atoms with Crippen LogP contribution in [0.15, 0.2) is 35.3 Å². The number of nitrogens with one attached hydrogen (secondary N) is 2. The van der Waals surface area contributed by atoms with E-state index in [1.165, 1.54) is 26.2 Å². The van der Waals surface area contributed by atoms with Crippen molar-refractivity contribution in [3.8, 4) is 5.75 Å². The molecule has 1 aliphatic rings. The highest BCUT2D eigenvalue weighted by atomic mass is 127. The fraction of sp³-hybridized carbons (Fsp3) is 0.667. The molecular formula is C21H38IN5O. The first-order chi connectivity index (χ1) is 13.2. The van der Waals surface area contributed by atoms with Crippen LogP contribution in [0.5, 0.6) is 5.75 Å². The van der Waals surface area contributed by atoms with E-state index in [0.29, 0.717) is 12.5 Å². The van der Waals surface area contributed by atoms with Crippen LogP contribution in [0.4, 0.5) is 0 Å². The van der Waals surface area contributed by atoms with Gasteiger partial charge >= 0.3 is 0 Å². The molecule has 0 radical (unpaired) electrons. The Labute approximate surface area is 188 Å². The molecule has 0 aliphatic carbocycles. The number of benzene rings is 1. The van der Waals surface area contributed by atoms with Gasteiger partial charge in [0.1, 0.15) is 5.75 Å². The molecule has 2 rings (SSSR count). The molecule has 1 aromatic carbocycles. The van der Waals surface area contributed by atoms with Crippen LogP contribution in [0, 0.1) is 5.92 Å². The molecule has 160 valence electrons. The molecule has 7 heteroatoms. The van der Waals surface area contributed by atoms with Gasteiger partial charge in [0.05, 0.1) is 6.61 Å². The average molecular weight is 503 g/mol. The van der Waals surface area contributed by atoms with Crippen molar-refractivity contribution in [2.24, 2.45) is 10.9 Å². The van der Waals surface area contributed by atoms with Crippen LogP contribution in [0.3, 0.4) is 0 Å². The van der Waals surface area contributed by atoms with E-state index in [1.807, 2.05) is 30.3 Å². The zero-order chi connectivity index (χ0) is 19.3. The number of aliphatic imine (C=N–C) groups is 1. The molecule has 6 nitrogen and oxygen atoms in total. The Morgan fingerprint density at radius 3 is 2.54 bits per heavy atom. The van der Waals surface area contributed by atoms with Crippen LogP contribution in [0.1, 0.15) is 20.3 Å². The standard InChI is InChI=1S/C21H37N5O.HI/c1-4-22-21(23-11-8-16-27-20-9-6-5-7-10-20)24-17-19(2)18-26-14-12-25(3)13-15-26;/h5-7,9-10,19H,4,8,11-18H2,1-3H3,(H2,22,23,24);1H. The normalized spacial score (nSPS) is 16.9. The lowest BCUT2D eigenvalue weighted by molar-refractivity contribution is 0.140. The van der Waals surface area contributed by atoms with E-state index in [2.05, 4.69) is 41.3 Å². The van der Waals surface area contributed by atoms with Crippen molar-refractivity contribution in [3.63, 3.8) is 0 Å². The zero-order valence-corrected chi connectivity index (χ0v) is 20.0. The number of hydrogen-bond donors (Lipinski definition) is 2. The van der Waals surface area contributed by atoms with Gasteiger partial charge in [-0.15, -0.1) is 24.0 Å². The first-order valence-electron chi connectivity index (χ1n) is 10.3. The van der Waals surface area contributed by atoms with Crippen molar-refractivity contribution in [2.75, 3.05) is 66.0 Å². The highest BCUT2D eigenvalue weighted by Gasteiger charge is 2.15. The second-order valence-corrected chi connectivity index (χ2v) is 7.37. The lowest BCUT2D eigenvalue weighted by Gasteiger charge is -2.33. The van der Waals surface area contributed by atoms with Gasteiger partial charge in [-0.3, -0.25) is 4.99 Å². The summed E-state index contributed by atoms with van der Waals surface area (Å²) in [4.78, 5) is 9.72. The predicted octanol–water partition coefficient (Wildman–Crippen LogP) is 2.51. The summed E-state index contributed by atoms with van der Waals surface area (Å²) in [6.45, 7) is 13.5. The monoisotopic (exact) mass is 503 g/mol. The minimum absolute atomic E-state index is 0. The Balaban J connectivity index is 0.00000392. The minimum Gasteiger partial charge on any atom is -0.494 e. The summed E-state index contributed by atoms with van der Waals surface area (Å²) in [7, 11) is 2.20. The Bertz CT molecular complexity index is 535. The molecule has 2 N–H and O–H groups in total. The van der Waals surface area contributed by atoms with Crippen LogP contribution in [-0.2, 0) is 0 Å². The number of rotatable bonds is 10. The summed E-state index contributed by atoms with van der Waals surface area (Å²) in [6.07, 6.45) is 0.941. The predicted molar refractivity (Wildman–Crippen MR) is 129 cm³/mol. The number of para-hydroxylation sites is 1. The number of nitrogens with zero attached hydrogens (tertiary/aromatic N) is 3. The van der Waals surface area contributed by atoms with Crippen molar-refractivity contribution in [2.45, 2.75) is 20.3 Å². The maximum atomic E-state index is 5.73. The second kappa shape index (κ2) is 14.9. The molecule has 0 amide bonds. The molecule has 1 aliphatic heterocycles. The van der Waals surface area contributed by atoms with Gasteiger partial charge in [-0.2, -0.15) is 0 Å². The quantitative estimate of drug-likeness (QED) is 0.223. The van der Waals surface area contributed by atoms with Gasteiger partial charge in [0, 0.05) is 52.4 Å². The first-order valence-corrected chi connectivity index (χ1v) is 10.3. The number of ether oxygens (including phenoxy) is 1. The second-order valence-electron chi connectivity index (χ2n) is 7.37. The highest BCUT2D eigenvalue weighted by Crippen LogP contribution is 2.08. The van der Waals surface area contributed by atoms with Crippen LogP contribution in [0.2, 0.25) is 0 Å². The maximum Gasteiger partial charge on any atom is 0.191 e. The molecule has 0 spiro atoms. The molecule has 1 fully saturated rings. The number of piperazine rings is 1. The molecule has 0 saturated carbocycles. The van der Waals surface area contributed by atoms with E-state index in [9.17, 15) is 0 Å². The van der Waals surface area contributed by atoms with Crippen LogP contribution < -0.4 is 15.4 Å². The summed E-state index contributed by atoms with van der Waals surface area (Å²) >= 11 is 0. The third-order valence-corrected chi connectivity index (χ3v) is 4.70. The van der Waals surface area contributed by atoms with E-state index < -0.39 is 0 Å². The van der Waals surface area contributed by atoms with Crippen LogP contribution in [0.25, 0.3) is 0 Å². The van der Waals surface area contributed by atoms with Gasteiger partial charge in [-0.25, -0.2) is 0 Å². The van der Waals surface area contributed by atoms with Gasteiger partial charge in [-0.05, 0) is 38.4 Å². The SMILES string of the molecule is CCNC(=NCC(C)CN1CCN(C)CC1)NCCCOc1ccccc1.I. The summed E-state index contributed by atoms with van der Waals surface area (Å²) in [5.41, 5.74) is 0. The fourth-order valence-corrected chi connectivity index (χ4v) is 3.10. The molecule has 28 heavy (non-hydrogen) atoms. The molecule has 0 aromatic heterocycles. The van der Waals surface area contributed by atoms with E-state index >= 15 is 0 Å². The summed E-state index contributed by atoms with van der Waals surface area (Å²) in [5.74, 6) is 2.39. The third-order valence-electron chi connectivity index (χ3n) is 4.70. The van der Waals surface area contributed by atoms with E-state index in [1.54, 1.807) is 0 Å². The average Bonchev–Trinajstić information content (AvgIpc) is 2.68. The largest absolute Gasteiger partial charge is 0.494 e. The van der Waals surface area contributed by atoms with E-state index in [-0.39, 0.29) is 24.0 Å². The Kier molecular flexibility index (Phi) is 13.3. The van der Waals surface area contributed by atoms with Crippen molar-refractivity contribution in [1.82, 2.24) is 20.4 Å². The van der Waals surface area contributed by atoms with Crippen molar-refractivity contribution in [1.29, 1.82) is 0 Å². The molecule has 1 saturated heterocycles. The van der Waals surface area contributed by atoms with Gasteiger partial charge < -0.3 is 25.2 Å². The van der Waals surface area contributed by atoms with Gasteiger partial charge in [-0.1, -0.05) is 25.1 Å². The minimum atomic E-state index is 0. The lowest BCUT2D eigenvalue weighted by Crippen LogP contribution is -2.46. The van der Waals surface area contributed by atoms with Crippen molar-refractivity contribution >= 4 is 29.9 Å². The molecular weight excluding hydrogens is 465 g/mol. The molecule has 1 aromatic rings. The Hall–Kier alpha value is -1.06. The summed E-state index contributed by atoms with van der Waals surface area (Å²) in [5, 5.41) is 6.74. The number of guanidine groups is 1. The number of halogens is 1. The third kappa shape index (κ3) is 10.5. The smallest absolute Gasteiger partial charge is 0.191 e. The van der Waals surface area contributed by atoms with E-state index in [4.69, 9.17) is 9.73 Å². The molecule has 1 heterocycles. The van der Waals surface area contributed by atoms with Crippen molar-refractivity contribution < 1.29 is 4.74 Å². The van der Waals surface area contributed by atoms with Gasteiger partial charge in [0.25, 0.3) is 0 Å².